The van der Waals surface area contributed by atoms with E-state index in [0.717, 1.165) is 19.4 Å². The van der Waals surface area contributed by atoms with Crippen molar-refractivity contribution in [3.05, 3.63) is 29.3 Å². The van der Waals surface area contributed by atoms with Crippen LogP contribution in [0.15, 0.2) is 23.8 Å². The predicted octanol–water partition coefficient (Wildman–Crippen LogP) is 1.92. The number of benzene rings is 1. The smallest absolute Gasteiger partial charge is 0.262 e. The van der Waals surface area contributed by atoms with Gasteiger partial charge in [0.25, 0.3) is 5.91 Å². The Balaban J connectivity index is 2.04. The Labute approximate surface area is 153 Å². The molecule has 1 heterocycles. The van der Waals surface area contributed by atoms with E-state index in [2.05, 4.69) is 5.32 Å². The first-order valence-corrected chi connectivity index (χ1v) is 8.49. The first-order valence-electron chi connectivity index (χ1n) is 8.49. The number of carbonyl (C=O) groups is 1. The summed E-state index contributed by atoms with van der Waals surface area (Å²) in [5, 5.41) is 12.0. The maximum atomic E-state index is 12.2. The largest absolute Gasteiger partial charge is 0.493 e. The van der Waals surface area contributed by atoms with Crippen LogP contribution >= 0.6 is 0 Å². The van der Waals surface area contributed by atoms with Gasteiger partial charge in [-0.25, -0.2) is 0 Å². The summed E-state index contributed by atoms with van der Waals surface area (Å²) in [6, 6.07) is 7.15. The molecule has 7 heteroatoms. The molecule has 2 rings (SSSR count). The first-order chi connectivity index (χ1) is 12.7. The third kappa shape index (κ3) is 5.76. The van der Waals surface area contributed by atoms with Gasteiger partial charge in [0.05, 0.1) is 19.8 Å². The lowest BCUT2D eigenvalue weighted by molar-refractivity contribution is -0.117. The Hall–Kier alpha value is -2.56. The van der Waals surface area contributed by atoms with Gasteiger partial charge in [0.15, 0.2) is 11.5 Å². The fraction of sp³-hybridized carbons (Fsp3) is 0.474. The van der Waals surface area contributed by atoms with E-state index in [9.17, 15) is 10.1 Å². The summed E-state index contributed by atoms with van der Waals surface area (Å²) in [6.07, 6.45) is 3.47. The minimum absolute atomic E-state index is 0.0260. The second-order valence-electron chi connectivity index (χ2n) is 5.77. The van der Waals surface area contributed by atoms with Crippen molar-refractivity contribution in [1.82, 2.24) is 5.32 Å². The van der Waals surface area contributed by atoms with Gasteiger partial charge in [-0.05, 0) is 36.6 Å². The average Bonchev–Trinajstić information content (AvgIpc) is 3.18. The van der Waals surface area contributed by atoms with Crippen LogP contribution in [0.4, 0.5) is 0 Å². The number of carbonyl (C=O) groups excluding carboxylic acids is 1. The van der Waals surface area contributed by atoms with Crippen molar-refractivity contribution in [2.75, 3.05) is 40.6 Å². The molecular weight excluding hydrogens is 336 g/mol. The zero-order valence-corrected chi connectivity index (χ0v) is 15.1. The molecule has 1 aromatic rings. The van der Waals surface area contributed by atoms with Gasteiger partial charge in [-0.15, -0.1) is 0 Å². The maximum absolute atomic E-state index is 12.2. The van der Waals surface area contributed by atoms with Gasteiger partial charge >= 0.3 is 0 Å². The van der Waals surface area contributed by atoms with Crippen molar-refractivity contribution in [3.63, 3.8) is 0 Å². The van der Waals surface area contributed by atoms with E-state index < -0.39 is 5.91 Å². The number of methoxy groups -OCH3 is 2. The fourth-order valence-electron chi connectivity index (χ4n) is 2.55. The van der Waals surface area contributed by atoms with E-state index in [0.29, 0.717) is 36.8 Å². The second-order valence-corrected chi connectivity index (χ2v) is 5.77. The summed E-state index contributed by atoms with van der Waals surface area (Å²) in [7, 11) is 3.13. The van der Waals surface area contributed by atoms with Crippen LogP contribution in [-0.4, -0.2) is 52.6 Å². The van der Waals surface area contributed by atoms with E-state index >= 15 is 0 Å². The highest BCUT2D eigenvalue weighted by Crippen LogP contribution is 2.29. The number of ether oxygens (including phenoxy) is 4. The van der Waals surface area contributed by atoms with Gasteiger partial charge in [0.2, 0.25) is 0 Å². The van der Waals surface area contributed by atoms with Gasteiger partial charge in [-0.3, -0.25) is 4.79 Å². The van der Waals surface area contributed by atoms with Crippen LogP contribution in [0.5, 0.6) is 11.5 Å². The molecule has 0 spiro atoms. The highest BCUT2D eigenvalue weighted by atomic mass is 16.5. The van der Waals surface area contributed by atoms with Crippen molar-refractivity contribution in [3.8, 4) is 17.6 Å². The Bertz CT molecular complexity index is 675. The molecular formula is C19H24N2O5. The second kappa shape index (κ2) is 10.4. The van der Waals surface area contributed by atoms with E-state index in [1.165, 1.54) is 13.2 Å². The Morgan fingerprint density at radius 1 is 1.38 bits per heavy atom. The third-order valence-corrected chi connectivity index (χ3v) is 3.92. The zero-order valence-electron chi connectivity index (χ0n) is 15.1. The number of nitriles is 1. The summed E-state index contributed by atoms with van der Waals surface area (Å²) in [6.45, 7) is 2.00. The topological polar surface area (TPSA) is 89.8 Å². The molecule has 0 unspecified atom stereocenters. The number of nitrogens with zero attached hydrogens (tertiary/aromatic N) is 1. The van der Waals surface area contributed by atoms with Gasteiger partial charge < -0.3 is 24.3 Å². The van der Waals surface area contributed by atoms with E-state index in [-0.39, 0.29) is 11.7 Å². The van der Waals surface area contributed by atoms with Crippen LogP contribution in [0.3, 0.4) is 0 Å². The lowest BCUT2D eigenvalue weighted by Crippen LogP contribution is -2.32. The lowest BCUT2D eigenvalue weighted by atomic mass is 10.1. The summed E-state index contributed by atoms with van der Waals surface area (Å²) < 4.78 is 21.3. The molecule has 1 aliphatic rings. The van der Waals surface area contributed by atoms with Crippen LogP contribution in [-0.2, 0) is 14.3 Å². The summed E-state index contributed by atoms with van der Waals surface area (Å²) in [5.74, 6) is 0.678. The van der Waals surface area contributed by atoms with E-state index in [1.807, 2.05) is 6.07 Å². The molecule has 1 amide bonds. The number of amides is 1. The molecule has 1 saturated heterocycles. The van der Waals surface area contributed by atoms with Crippen LogP contribution in [0.1, 0.15) is 18.4 Å². The molecule has 7 nitrogen and oxygen atoms in total. The molecule has 0 saturated carbocycles. The molecule has 1 aromatic carbocycles. The van der Waals surface area contributed by atoms with Crippen molar-refractivity contribution in [1.29, 1.82) is 5.26 Å². The molecule has 26 heavy (non-hydrogen) atoms. The summed E-state index contributed by atoms with van der Waals surface area (Å²) >= 11 is 0. The average molecular weight is 360 g/mol. The number of rotatable bonds is 9. The van der Waals surface area contributed by atoms with Crippen molar-refractivity contribution >= 4 is 12.0 Å². The van der Waals surface area contributed by atoms with Crippen LogP contribution in [0.25, 0.3) is 6.08 Å². The quantitative estimate of drug-likeness (QED) is 0.411. The summed E-state index contributed by atoms with van der Waals surface area (Å²) in [4.78, 5) is 12.2. The number of hydrogen-bond donors (Lipinski definition) is 1. The molecule has 140 valence electrons. The highest BCUT2D eigenvalue weighted by Gasteiger charge is 2.17. The predicted molar refractivity (Wildman–Crippen MR) is 95.9 cm³/mol. The Morgan fingerprint density at radius 2 is 2.23 bits per heavy atom. The minimum Gasteiger partial charge on any atom is -0.493 e. The molecule has 0 aromatic heterocycles. The minimum atomic E-state index is -0.414. The van der Waals surface area contributed by atoms with Gasteiger partial charge in [0.1, 0.15) is 18.2 Å². The van der Waals surface area contributed by atoms with E-state index in [1.54, 1.807) is 25.3 Å². The number of nitrogens with one attached hydrogen (secondary N) is 1. The Morgan fingerprint density at radius 3 is 2.88 bits per heavy atom. The van der Waals surface area contributed by atoms with Gasteiger partial charge in [0, 0.05) is 20.3 Å². The van der Waals surface area contributed by atoms with Crippen LogP contribution in [0.2, 0.25) is 0 Å². The maximum Gasteiger partial charge on any atom is 0.262 e. The van der Waals surface area contributed by atoms with Crippen molar-refractivity contribution in [2.45, 2.75) is 18.9 Å². The normalized spacial score (nSPS) is 16.8. The number of hydrogen-bond acceptors (Lipinski definition) is 6. The SMILES string of the molecule is COCCOc1ccc(/C=C(\C#N)C(=O)NC[C@@H]2CCCO2)cc1OC. The molecule has 1 N–H and O–H groups in total. The fourth-order valence-corrected chi connectivity index (χ4v) is 2.55. The lowest BCUT2D eigenvalue weighted by Gasteiger charge is -2.12. The third-order valence-electron chi connectivity index (χ3n) is 3.92. The molecule has 0 aliphatic carbocycles. The van der Waals surface area contributed by atoms with Crippen LogP contribution in [0, 0.1) is 11.3 Å². The van der Waals surface area contributed by atoms with Crippen LogP contribution < -0.4 is 14.8 Å². The molecule has 0 radical (unpaired) electrons. The van der Waals surface area contributed by atoms with E-state index in [4.69, 9.17) is 18.9 Å². The first kappa shape index (κ1) is 19.8. The molecule has 1 aliphatic heterocycles. The monoisotopic (exact) mass is 360 g/mol. The Kier molecular flexibility index (Phi) is 7.93. The van der Waals surface area contributed by atoms with Crippen molar-refractivity contribution < 1.29 is 23.7 Å². The molecule has 1 atom stereocenters. The van der Waals surface area contributed by atoms with Crippen molar-refractivity contribution in [2.24, 2.45) is 0 Å². The van der Waals surface area contributed by atoms with Gasteiger partial charge in [-0.2, -0.15) is 5.26 Å². The summed E-state index contributed by atoms with van der Waals surface area (Å²) in [5.41, 5.74) is 0.697. The molecule has 0 bridgehead atoms. The standard InChI is InChI=1S/C19H24N2O5/c1-23-8-9-26-17-6-5-14(11-18(17)24-2)10-15(12-20)19(22)21-13-16-4-3-7-25-16/h5-6,10-11,16H,3-4,7-9,13H2,1-2H3,(H,21,22)/b15-10+/t16-/m0/s1. The highest BCUT2D eigenvalue weighted by molar-refractivity contribution is 6.01. The molecule has 1 fully saturated rings. The van der Waals surface area contributed by atoms with Gasteiger partial charge in [-0.1, -0.05) is 6.07 Å². The zero-order chi connectivity index (χ0) is 18.8.